The maximum atomic E-state index is 4.74. The zero-order valence-corrected chi connectivity index (χ0v) is 17.3. The van der Waals surface area contributed by atoms with Crippen LogP contribution in [-0.4, -0.2) is 36.4 Å². The molecule has 8 heteroatoms. The molecule has 1 saturated heterocycles. The molecule has 1 atom stereocenters. The highest BCUT2D eigenvalue weighted by Gasteiger charge is 2.28. The van der Waals surface area contributed by atoms with Gasteiger partial charge < -0.3 is 5.32 Å². The SMILES string of the molecule is CCc1ncc(CN2CCC[C@H]2c2cc(Nc3ncc(C)s3)nc(C)n2)cn1. The molecule has 0 unspecified atom stereocenters. The number of likely N-dealkylation sites (tertiary alicyclic amines) is 1. The van der Waals surface area contributed by atoms with Crippen LogP contribution in [0.5, 0.6) is 0 Å². The summed E-state index contributed by atoms with van der Waals surface area (Å²) in [5.74, 6) is 2.47. The standard InChI is InChI=1S/C20H25N7S/c1-4-18-21-10-15(11-22-18)12-27-7-5-6-17(27)16-8-19(25-14(3)24-16)26-20-23-9-13(2)28-20/h8-11,17H,4-7,12H2,1-3H3,(H,23,24,25,26)/t17-/m0/s1. The van der Waals surface area contributed by atoms with Crippen molar-refractivity contribution in [2.75, 3.05) is 11.9 Å². The number of rotatable bonds is 6. The van der Waals surface area contributed by atoms with Gasteiger partial charge in [-0.3, -0.25) is 4.90 Å². The molecule has 4 heterocycles. The topological polar surface area (TPSA) is 79.7 Å². The lowest BCUT2D eigenvalue weighted by molar-refractivity contribution is 0.243. The van der Waals surface area contributed by atoms with E-state index in [4.69, 9.17) is 4.98 Å². The first-order valence-electron chi connectivity index (χ1n) is 9.69. The molecule has 28 heavy (non-hydrogen) atoms. The van der Waals surface area contributed by atoms with Gasteiger partial charge in [0.2, 0.25) is 0 Å². The number of hydrogen-bond acceptors (Lipinski definition) is 8. The molecule has 0 radical (unpaired) electrons. The van der Waals surface area contributed by atoms with Gasteiger partial charge in [0.1, 0.15) is 17.5 Å². The van der Waals surface area contributed by atoms with Gasteiger partial charge in [-0.05, 0) is 33.2 Å². The molecular weight excluding hydrogens is 370 g/mol. The lowest BCUT2D eigenvalue weighted by atomic mass is 10.1. The van der Waals surface area contributed by atoms with E-state index in [1.807, 2.05) is 32.4 Å². The predicted molar refractivity (Wildman–Crippen MR) is 111 cm³/mol. The molecule has 4 rings (SSSR count). The van der Waals surface area contributed by atoms with Crippen LogP contribution in [-0.2, 0) is 13.0 Å². The third kappa shape index (κ3) is 4.34. The van der Waals surface area contributed by atoms with Gasteiger partial charge >= 0.3 is 0 Å². The van der Waals surface area contributed by atoms with Crippen molar-refractivity contribution in [2.45, 2.75) is 52.6 Å². The summed E-state index contributed by atoms with van der Waals surface area (Å²) in [6, 6.07) is 2.34. The summed E-state index contributed by atoms with van der Waals surface area (Å²) >= 11 is 1.62. The third-order valence-electron chi connectivity index (χ3n) is 4.88. The Morgan fingerprint density at radius 3 is 2.68 bits per heavy atom. The summed E-state index contributed by atoms with van der Waals surface area (Å²) in [6.45, 7) is 7.95. The number of aromatic nitrogens is 5. The molecule has 7 nitrogen and oxygen atoms in total. The van der Waals surface area contributed by atoms with Crippen LogP contribution in [0.3, 0.4) is 0 Å². The molecule has 0 aromatic carbocycles. The molecule has 3 aromatic rings. The highest BCUT2D eigenvalue weighted by atomic mass is 32.1. The van der Waals surface area contributed by atoms with Crippen LogP contribution in [0.2, 0.25) is 0 Å². The maximum absolute atomic E-state index is 4.74. The number of hydrogen-bond donors (Lipinski definition) is 1. The first-order chi connectivity index (χ1) is 13.6. The van der Waals surface area contributed by atoms with Crippen LogP contribution in [0.1, 0.15) is 53.6 Å². The first-order valence-corrected chi connectivity index (χ1v) is 10.5. The van der Waals surface area contributed by atoms with E-state index < -0.39 is 0 Å². The van der Waals surface area contributed by atoms with Gasteiger partial charge in [-0.25, -0.2) is 24.9 Å². The van der Waals surface area contributed by atoms with Gasteiger partial charge in [0.05, 0.1) is 11.7 Å². The van der Waals surface area contributed by atoms with Crippen molar-refractivity contribution in [1.29, 1.82) is 0 Å². The Balaban J connectivity index is 1.52. The molecular formula is C20H25N7S. The quantitative estimate of drug-likeness (QED) is 0.676. The Morgan fingerprint density at radius 1 is 1.14 bits per heavy atom. The van der Waals surface area contributed by atoms with Crippen molar-refractivity contribution in [2.24, 2.45) is 0 Å². The average molecular weight is 396 g/mol. The van der Waals surface area contributed by atoms with E-state index in [1.165, 1.54) is 4.88 Å². The lowest BCUT2D eigenvalue weighted by Crippen LogP contribution is -2.24. The van der Waals surface area contributed by atoms with Crippen LogP contribution in [0.15, 0.2) is 24.7 Å². The fraction of sp³-hybridized carbons (Fsp3) is 0.450. The number of nitrogens with zero attached hydrogens (tertiary/aromatic N) is 6. The summed E-state index contributed by atoms with van der Waals surface area (Å²) in [6.07, 6.45) is 8.89. The fourth-order valence-corrected chi connectivity index (χ4v) is 4.25. The van der Waals surface area contributed by atoms with Gasteiger partial charge in [0, 0.05) is 48.1 Å². The molecule has 1 fully saturated rings. The number of anilines is 2. The summed E-state index contributed by atoms with van der Waals surface area (Å²) in [7, 11) is 0. The van der Waals surface area contributed by atoms with Crippen molar-refractivity contribution >= 4 is 22.3 Å². The third-order valence-corrected chi connectivity index (χ3v) is 5.71. The van der Waals surface area contributed by atoms with E-state index in [-0.39, 0.29) is 6.04 Å². The molecule has 1 N–H and O–H groups in total. The van der Waals surface area contributed by atoms with Gasteiger partial charge in [-0.15, -0.1) is 11.3 Å². The smallest absolute Gasteiger partial charge is 0.188 e. The second-order valence-electron chi connectivity index (χ2n) is 7.12. The molecule has 0 saturated carbocycles. The Morgan fingerprint density at radius 2 is 1.96 bits per heavy atom. The maximum Gasteiger partial charge on any atom is 0.188 e. The van der Waals surface area contributed by atoms with Crippen molar-refractivity contribution in [3.05, 3.63) is 52.4 Å². The van der Waals surface area contributed by atoms with Crippen LogP contribution in [0.4, 0.5) is 10.9 Å². The van der Waals surface area contributed by atoms with Crippen LogP contribution < -0.4 is 5.32 Å². The van der Waals surface area contributed by atoms with E-state index in [9.17, 15) is 0 Å². The summed E-state index contributed by atoms with van der Waals surface area (Å²) in [4.78, 5) is 26.2. The zero-order chi connectivity index (χ0) is 19.5. The normalized spacial score (nSPS) is 17.2. The van der Waals surface area contributed by atoms with Crippen LogP contribution in [0.25, 0.3) is 0 Å². The van der Waals surface area contributed by atoms with Crippen molar-refractivity contribution < 1.29 is 0 Å². The molecule has 0 aliphatic carbocycles. The van der Waals surface area contributed by atoms with Crippen molar-refractivity contribution in [3.8, 4) is 0 Å². The summed E-state index contributed by atoms with van der Waals surface area (Å²) in [5.41, 5.74) is 2.21. The Labute approximate surface area is 169 Å². The Hall–Kier alpha value is -2.45. The summed E-state index contributed by atoms with van der Waals surface area (Å²) < 4.78 is 0. The first kappa shape index (κ1) is 18.9. The minimum Gasteiger partial charge on any atom is -0.316 e. The molecule has 1 aliphatic heterocycles. The monoisotopic (exact) mass is 395 g/mol. The number of nitrogens with one attached hydrogen (secondary N) is 1. The van der Waals surface area contributed by atoms with Crippen LogP contribution in [0, 0.1) is 13.8 Å². The largest absolute Gasteiger partial charge is 0.316 e. The fourth-order valence-electron chi connectivity index (χ4n) is 3.58. The minimum atomic E-state index is 0.283. The van der Waals surface area contributed by atoms with Crippen LogP contribution >= 0.6 is 11.3 Å². The highest BCUT2D eigenvalue weighted by molar-refractivity contribution is 7.15. The Bertz CT molecular complexity index is 938. The second kappa shape index (κ2) is 8.28. The van der Waals surface area contributed by atoms with Crippen molar-refractivity contribution in [3.63, 3.8) is 0 Å². The zero-order valence-electron chi connectivity index (χ0n) is 16.5. The molecule has 0 spiro atoms. The molecule has 0 amide bonds. The average Bonchev–Trinajstić information content (AvgIpc) is 3.31. The number of aryl methyl sites for hydroxylation is 3. The molecule has 146 valence electrons. The molecule has 1 aliphatic rings. The lowest BCUT2D eigenvalue weighted by Gasteiger charge is -2.24. The summed E-state index contributed by atoms with van der Waals surface area (Å²) in [5, 5.41) is 4.18. The van der Waals surface area contributed by atoms with Gasteiger partial charge in [0.25, 0.3) is 0 Å². The van der Waals surface area contributed by atoms with E-state index in [2.05, 4.69) is 43.1 Å². The molecule has 0 bridgehead atoms. The predicted octanol–water partition coefficient (Wildman–Crippen LogP) is 3.98. The van der Waals surface area contributed by atoms with Crippen molar-refractivity contribution in [1.82, 2.24) is 29.8 Å². The van der Waals surface area contributed by atoms with E-state index in [0.717, 1.165) is 66.2 Å². The number of thiazole rings is 1. The Kier molecular flexibility index (Phi) is 5.59. The van der Waals surface area contributed by atoms with E-state index in [0.29, 0.717) is 0 Å². The van der Waals surface area contributed by atoms with Gasteiger partial charge in [-0.1, -0.05) is 6.92 Å². The van der Waals surface area contributed by atoms with E-state index in [1.54, 1.807) is 11.3 Å². The molecule has 3 aromatic heterocycles. The second-order valence-corrected chi connectivity index (χ2v) is 8.35. The minimum absolute atomic E-state index is 0.283. The highest BCUT2D eigenvalue weighted by Crippen LogP contribution is 2.33. The van der Waals surface area contributed by atoms with Gasteiger partial charge in [-0.2, -0.15) is 0 Å². The van der Waals surface area contributed by atoms with E-state index >= 15 is 0 Å². The van der Waals surface area contributed by atoms with Gasteiger partial charge in [0.15, 0.2) is 5.13 Å².